The zero-order valence-electron chi connectivity index (χ0n) is 10.6. The van der Waals surface area contributed by atoms with Crippen LogP contribution in [0, 0.1) is 0 Å². The van der Waals surface area contributed by atoms with Gasteiger partial charge in [-0.15, -0.1) is 0 Å². The lowest BCUT2D eigenvalue weighted by Crippen LogP contribution is -1.94. The minimum atomic E-state index is -3.77. The molecule has 1 aromatic heterocycles. The molecule has 7 heteroatoms. The molecule has 0 aliphatic heterocycles. The average Bonchev–Trinajstić information content (AvgIpc) is 2.39. The molecule has 0 saturated carbocycles. The largest absolute Gasteiger partial charge is 0.439 e. The van der Waals surface area contributed by atoms with E-state index in [-0.39, 0.29) is 10.8 Å². The first kappa shape index (κ1) is 14.8. The van der Waals surface area contributed by atoms with E-state index in [1.165, 1.54) is 12.1 Å². The lowest BCUT2D eigenvalue weighted by atomic mass is 10.2. The van der Waals surface area contributed by atoms with E-state index in [0.717, 1.165) is 11.8 Å². The normalized spacial score (nSPS) is 11.3. The molecule has 0 aliphatic carbocycles. The van der Waals surface area contributed by atoms with Crippen LogP contribution in [0.5, 0.6) is 11.6 Å². The second-order valence-electron chi connectivity index (χ2n) is 3.95. The Kier molecular flexibility index (Phi) is 4.59. The number of benzene rings is 1. The molecule has 0 unspecified atom stereocenters. The van der Waals surface area contributed by atoms with Crippen molar-refractivity contribution < 1.29 is 17.9 Å². The Bertz CT molecular complexity index is 686. The first-order valence-electron chi connectivity index (χ1n) is 5.65. The average molecular weight is 314 g/mol. The number of ether oxygens (including phenoxy) is 2. The zero-order chi connectivity index (χ0) is 14.6. The Morgan fingerprint density at radius 2 is 2.05 bits per heavy atom. The molecule has 0 bridgehead atoms. The van der Waals surface area contributed by atoms with Crippen molar-refractivity contribution >= 4 is 19.7 Å². The molecule has 0 atom stereocenters. The highest BCUT2D eigenvalue weighted by atomic mass is 35.7. The molecule has 20 heavy (non-hydrogen) atoms. The summed E-state index contributed by atoms with van der Waals surface area (Å²) in [7, 11) is 3.05. The number of hydrogen-bond acceptors (Lipinski definition) is 5. The topological polar surface area (TPSA) is 65.5 Å². The van der Waals surface area contributed by atoms with Crippen LogP contribution in [0.3, 0.4) is 0 Å². The van der Waals surface area contributed by atoms with Gasteiger partial charge in [-0.25, -0.2) is 13.4 Å². The Morgan fingerprint density at radius 1 is 1.25 bits per heavy atom. The number of nitrogens with zero attached hydrogens (tertiary/aromatic N) is 1. The molecule has 0 aliphatic rings. The van der Waals surface area contributed by atoms with Crippen molar-refractivity contribution in [1.82, 2.24) is 4.98 Å². The highest BCUT2D eigenvalue weighted by Crippen LogP contribution is 2.22. The standard InChI is InChI=1S/C13H12ClNO4S/c1-18-9-10-3-2-4-11(7-10)19-13-6-5-12(8-15-13)20(14,16)17/h2-8H,9H2,1H3. The summed E-state index contributed by atoms with van der Waals surface area (Å²) >= 11 is 0. The number of pyridine rings is 1. The van der Waals surface area contributed by atoms with Crippen molar-refractivity contribution in [3.05, 3.63) is 48.2 Å². The Morgan fingerprint density at radius 3 is 2.65 bits per heavy atom. The van der Waals surface area contributed by atoms with E-state index in [2.05, 4.69) is 4.98 Å². The quantitative estimate of drug-likeness (QED) is 0.794. The highest BCUT2D eigenvalue weighted by molar-refractivity contribution is 8.13. The lowest BCUT2D eigenvalue weighted by Gasteiger charge is -2.06. The molecular formula is C13H12ClNO4S. The smallest absolute Gasteiger partial charge is 0.262 e. The maximum atomic E-state index is 11.1. The van der Waals surface area contributed by atoms with E-state index < -0.39 is 9.05 Å². The summed E-state index contributed by atoms with van der Waals surface area (Å²) in [5.41, 5.74) is 0.963. The molecule has 0 N–H and O–H groups in total. The fraction of sp³-hybridized carbons (Fsp3) is 0.154. The van der Waals surface area contributed by atoms with Gasteiger partial charge in [0.1, 0.15) is 10.6 Å². The minimum absolute atomic E-state index is 0.0698. The van der Waals surface area contributed by atoms with Gasteiger partial charge in [0.15, 0.2) is 0 Å². The molecule has 106 valence electrons. The predicted octanol–water partition coefficient (Wildman–Crippen LogP) is 2.95. The van der Waals surface area contributed by atoms with Crippen LogP contribution >= 0.6 is 10.7 Å². The maximum Gasteiger partial charge on any atom is 0.262 e. The summed E-state index contributed by atoms with van der Waals surface area (Å²) in [5.74, 6) is 0.872. The van der Waals surface area contributed by atoms with E-state index in [0.29, 0.717) is 12.4 Å². The summed E-state index contributed by atoms with van der Waals surface area (Å²) in [6, 6.07) is 10.1. The zero-order valence-corrected chi connectivity index (χ0v) is 12.2. The lowest BCUT2D eigenvalue weighted by molar-refractivity contribution is 0.184. The molecular weight excluding hydrogens is 302 g/mol. The van der Waals surface area contributed by atoms with Crippen LogP contribution < -0.4 is 4.74 Å². The summed E-state index contributed by atoms with van der Waals surface area (Å²) < 4.78 is 32.7. The maximum absolute atomic E-state index is 11.1. The van der Waals surface area contributed by atoms with E-state index in [9.17, 15) is 8.42 Å². The van der Waals surface area contributed by atoms with E-state index in [1.807, 2.05) is 18.2 Å². The fourth-order valence-corrected chi connectivity index (χ4v) is 2.24. The summed E-state index contributed by atoms with van der Waals surface area (Å²) in [6.45, 7) is 0.480. The molecule has 0 radical (unpaired) electrons. The third kappa shape index (κ3) is 3.93. The SMILES string of the molecule is COCc1cccc(Oc2ccc(S(=O)(=O)Cl)cn2)c1. The Hall–Kier alpha value is -1.63. The highest BCUT2D eigenvalue weighted by Gasteiger charge is 2.10. The van der Waals surface area contributed by atoms with E-state index in [1.54, 1.807) is 13.2 Å². The molecule has 0 saturated heterocycles. The van der Waals surface area contributed by atoms with Gasteiger partial charge in [-0.1, -0.05) is 12.1 Å². The first-order valence-corrected chi connectivity index (χ1v) is 7.96. The van der Waals surface area contributed by atoms with Gasteiger partial charge in [-0.2, -0.15) is 0 Å². The second kappa shape index (κ2) is 6.21. The third-order valence-electron chi connectivity index (χ3n) is 2.42. The van der Waals surface area contributed by atoms with Gasteiger partial charge in [-0.3, -0.25) is 0 Å². The van der Waals surface area contributed by atoms with Crippen LogP contribution in [0.25, 0.3) is 0 Å². The summed E-state index contributed by atoms with van der Waals surface area (Å²) in [6.07, 6.45) is 1.15. The number of aromatic nitrogens is 1. The van der Waals surface area contributed by atoms with Gasteiger partial charge >= 0.3 is 0 Å². The van der Waals surface area contributed by atoms with Crippen LogP contribution in [0.1, 0.15) is 5.56 Å². The molecule has 0 spiro atoms. The molecule has 0 amide bonds. The van der Waals surface area contributed by atoms with Crippen molar-refractivity contribution in [3.63, 3.8) is 0 Å². The van der Waals surface area contributed by atoms with Crippen LogP contribution in [0.15, 0.2) is 47.5 Å². The van der Waals surface area contributed by atoms with Crippen molar-refractivity contribution in [1.29, 1.82) is 0 Å². The molecule has 5 nitrogen and oxygen atoms in total. The summed E-state index contributed by atoms with van der Waals surface area (Å²) in [4.78, 5) is 3.83. The van der Waals surface area contributed by atoms with Crippen molar-refractivity contribution in [2.24, 2.45) is 0 Å². The van der Waals surface area contributed by atoms with Gasteiger partial charge in [0.05, 0.1) is 12.8 Å². The van der Waals surface area contributed by atoms with Gasteiger partial charge in [0, 0.05) is 23.9 Å². The number of halogens is 1. The fourth-order valence-electron chi connectivity index (χ4n) is 1.56. The van der Waals surface area contributed by atoms with Crippen LogP contribution in [-0.4, -0.2) is 20.5 Å². The molecule has 1 heterocycles. The Balaban J connectivity index is 2.16. The summed E-state index contributed by atoms with van der Waals surface area (Å²) in [5, 5.41) is 0. The number of hydrogen-bond donors (Lipinski definition) is 0. The van der Waals surface area contributed by atoms with E-state index in [4.69, 9.17) is 20.2 Å². The first-order chi connectivity index (χ1) is 9.49. The van der Waals surface area contributed by atoms with Crippen LogP contribution in [0.2, 0.25) is 0 Å². The molecule has 1 aromatic carbocycles. The number of methoxy groups -OCH3 is 1. The number of rotatable bonds is 5. The predicted molar refractivity (Wildman–Crippen MR) is 74.5 cm³/mol. The molecule has 0 fully saturated rings. The minimum Gasteiger partial charge on any atom is -0.439 e. The van der Waals surface area contributed by atoms with Crippen molar-refractivity contribution in [3.8, 4) is 11.6 Å². The van der Waals surface area contributed by atoms with E-state index >= 15 is 0 Å². The van der Waals surface area contributed by atoms with Crippen LogP contribution in [-0.2, 0) is 20.4 Å². The van der Waals surface area contributed by atoms with Crippen molar-refractivity contribution in [2.45, 2.75) is 11.5 Å². The van der Waals surface area contributed by atoms with Gasteiger partial charge in [-0.05, 0) is 23.8 Å². The van der Waals surface area contributed by atoms with Gasteiger partial charge in [0.2, 0.25) is 5.88 Å². The molecule has 2 aromatic rings. The third-order valence-corrected chi connectivity index (χ3v) is 3.76. The monoisotopic (exact) mass is 313 g/mol. The second-order valence-corrected chi connectivity index (χ2v) is 6.52. The van der Waals surface area contributed by atoms with Crippen molar-refractivity contribution in [2.75, 3.05) is 7.11 Å². The van der Waals surface area contributed by atoms with Gasteiger partial charge in [0.25, 0.3) is 9.05 Å². The molecule has 2 rings (SSSR count). The van der Waals surface area contributed by atoms with Crippen LogP contribution in [0.4, 0.5) is 0 Å². The van der Waals surface area contributed by atoms with Gasteiger partial charge < -0.3 is 9.47 Å². The Labute approximate surface area is 121 Å².